The number of unbranched alkanes of at least 4 members (excludes halogenated alkanes) is 1. The summed E-state index contributed by atoms with van der Waals surface area (Å²) in [5.74, 6) is -0.308. The van der Waals surface area contributed by atoms with Gasteiger partial charge in [0, 0.05) is 12.7 Å². The maximum Gasteiger partial charge on any atom is 0.404 e. The SMILES string of the molecule is NC(=O)OCCCCNCc1ncccc1F. The zero-order valence-electron chi connectivity index (χ0n) is 9.49. The first-order valence-electron chi connectivity index (χ1n) is 5.42. The molecule has 94 valence electrons. The highest BCUT2D eigenvalue weighted by Gasteiger charge is 2.00. The second-order valence-corrected chi connectivity index (χ2v) is 3.48. The van der Waals surface area contributed by atoms with E-state index in [9.17, 15) is 9.18 Å². The topological polar surface area (TPSA) is 77.2 Å². The molecule has 1 amide bonds. The first-order valence-corrected chi connectivity index (χ1v) is 5.42. The minimum atomic E-state index is -0.756. The Labute approximate surface area is 99.2 Å². The predicted molar refractivity (Wildman–Crippen MR) is 60.7 cm³/mol. The molecule has 0 aliphatic carbocycles. The van der Waals surface area contributed by atoms with Crippen molar-refractivity contribution in [2.75, 3.05) is 13.2 Å². The molecule has 0 unspecified atom stereocenters. The zero-order chi connectivity index (χ0) is 12.5. The van der Waals surface area contributed by atoms with Gasteiger partial charge >= 0.3 is 6.09 Å². The van der Waals surface area contributed by atoms with E-state index in [1.54, 1.807) is 12.3 Å². The Kier molecular flexibility index (Phi) is 5.95. The molecule has 0 aliphatic rings. The lowest BCUT2D eigenvalue weighted by molar-refractivity contribution is 0.154. The summed E-state index contributed by atoms with van der Waals surface area (Å²) < 4.78 is 17.7. The van der Waals surface area contributed by atoms with Crippen molar-refractivity contribution < 1.29 is 13.9 Å². The van der Waals surface area contributed by atoms with Crippen LogP contribution >= 0.6 is 0 Å². The van der Waals surface area contributed by atoms with Crippen LogP contribution in [0.3, 0.4) is 0 Å². The predicted octanol–water partition coefficient (Wildman–Crippen LogP) is 1.19. The monoisotopic (exact) mass is 241 g/mol. The average Bonchev–Trinajstić information content (AvgIpc) is 2.30. The lowest BCUT2D eigenvalue weighted by atomic mass is 10.3. The second kappa shape index (κ2) is 7.56. The number of nitrogens with zero attached hydrogens (tertiary/aromatic N) is 1. The van der Waals surface area contributed by atoms with Crippen LogP contribution in [0.4, 0.5) is 9.18 Å². The van der Waals surface area contributed by atoms with Crippen molar-refractivity contribution in [1.82, 2.24) is 10.3 Å². The van der Waals surface area contributed by atoms with Crippen molar-refractivity contribution in [1.29, 1.82) is 0 Å². The number of nitrogens with two attached hydrogens (primary N) is 1. The van der Waals surface area contributed by atoms with Crippen LogP contribution in [-0.2, 0) is 11.3 Å². The molecule has 5 nitrogen and oxygen atoms in total. The smallest absolute Gasteiger partial charge is 0.404 e. The Balaban J connectivity index is 2.05. The first kappa shape index (κ1) is 13.4. The number of rotatable bonds is 7. The molecule has 0 aromatic carbocycles. The number of carbonyl (C=O) groups is 1. The summed E-state index contributed by atoms with van der Waals surface area (Å²) in [6.07, 6.45) is 2.34. The van der Waals surface area contributed by atoms with E-state index in [1.807, 2.05) is 0 Å². The summed E-state index contributed by atoms with van der Waals surface area (Å²) in [5.41, 5.74) is 5.20. The fourth-order valence-corrected chi connectivity index (χ4v) is 1.28. The van der Waals surface area contributed by atoms with Crippen molar-refractivity contribution in [3.63, 3.8) is 0 Å². The maximum atomic E-state index is 13.1. The van der Waals surface area contributed by atoms with E-state index in [1.165, 1.54) is 6.07 Å². The molecular weight excluding hydrogens is 225 g/mol. The largest absolute Gasteiger partial charge is 0.450 e. The number of hydrogen-bond donors (Lipinski definition) is 2. The minimum Gasteiger partial charge on any atom is -0.450 e. The molecular formula is C11H16FN3O2. The molecule has 1 aromatic rings. The van der Waals surface area contributed by atoms with Gasteiger partial charge in [-0.15, -0.1) is 0 Å². The van der Waals surface area contributed by atoms with Crippen molar-refractivity contribution in [3.05, 3.63) is 29.8 Å². The van der Waals surface area contributed by atoms with Gasteiger partial charge in [0.05, 0.1) is 12.3 Å². The lowest BCUT2D eigenvalue weighted by Gasteiger charge is -2.05. The number of nitrogens with one attached hydrogen (secondary N) is 1. The summed E-state index contributed by atoms with van der Waals surface area (Å²) in [6, 6.07) is 2.94. The van der Waals surface area contributed by atoms with Crippen LogP contribution in [0.2, 0.25) is 0 Å². The third-order valence-electron chi connectivity index (χ3n) is 2.12. The van der Waals surface area contributed by atoms with E-state index in [2.05, 4.69) is 15.0 Å². The molecule has 0 atom stereocenters. The molecule has 0 aliphatic heterocycles. The number of halogens is 1. The zero-order valence-corrected chi connectivity index (χ0v) is 9.49. The summed E-state index contributed by atoms with van der Waals surface area (Å²) in [6.45, 7) is 1.41. The quantitative estimate of drug-likeness (QED) is 0.703. The van der Waals surface area contributed by atoms with Crippen LogP contribution in [0.15, 0.2) is 18.3 Å². The molecule has 3 N–H and O–H groups in total. The molecule has 0 saturated heterocycles. The Morgan fingerprint density at radius 2 is 2.35 bits per heavy atom. The van der Waals surface area contributed by atoms with Gasteiger partial charge in [0.25, 0.3) is 0 Å². The number of ether oxygens (including phenoxy) is 1. The summed E-state index contributed by atoms with van der Waals surface area (Å²) in [5, 5.41) is 3.06. The van der Waals surface area contributed by atoms with Crippen LogP contribution in [-0.4, -0.2) is 24.2 Å². The number of pyridine rings is 1. The van der Waals surface area contributed by atoms with Crippen molar-refractivity contribution >= 4 is 6.09 Å². The summed E-state index contributed by atoms with van der Waals surface area (Å²) in [7, 11) is 0. The third kappa shape index (κ3) is 5.82. The number of aromatic nitrogens is 1. The average molecular weight is 241 g/mol. The fraction of sp³-hybridized carbons (Fsp3) is 0.455. The van der Waals surface area contributed by atoms with Gasteiger partial charge in [0.15, 0.2) is 0 Å². The molecule has 6 heteroatoms. The van der Waals surface area contributed by atoms with Gasteiger partial charge in [-0.3, -0.25) is 4.98 Å². The molecule has 17 heavy (non-hydrogen) atoms. The fourth-order valence-electron chi connectivity index (χ4n) is 1.28. The molecule has 1 heterocycles. The van der Waals surface area contributed by atoms with E-state index < -0.39 is 6.09 Å². The third-order valence-corrected chi connectivity index (χ3v) is 2.12. The lowest BCUT2D eigenvalue weighted by Crippen LogP contribution is -2.18. The van der Waals surface area contributed by atoms with Crippen LogP contribution in [0.1, 0.15) is 18.5 Å². The van der Waals surface area contributed by atoms with E-state index >= 15 is 0 Å². The Morgan fingerprint density at radius 1 is 1.53 bits per heavy atom. The van der Waals surface area contributed by atoms with E-state index in [0.29, 0.717) is 25.4 Å². The molecule has 1 aromatic heterocycles. The van der Waals surface area contributed by atoms with E-state index in [0.717, 1.165) is 12.8 Å². The first-order chi connectivity index (χ1) is 8.20. The molecule has 0 bridgehead atoms. The molecule has 0 saturated carbocycles. The number of carbonyl (C=O) groups excluding carboxylic acids is 1. The summed E-state index contributed by atoms with van der Waals surface area (Å²) in [4.78, 5) is 14.2. The Bertz CT molecular complexity index is 360. The van der Waals surface area contributed by atoms with Crippen molar-refractivity contribution in [2.45, 2.75) is 19.4 Å². The highest BCUT2D eigenvalue weighted by Crippen LogP contribution is 2.01. The standard InChI is InChI=1S/C11H16FN3O2/c12-9-4-3-6-15-10(9)8-14-5-1-2-7-17-11(13)16/h3-4,6,14H,1-2,5,7-8H2,(H2,13,16). The van der Waals surface area contributed by atoms with E-state index in [4.69, 9.17) is 5.73 Å². The molecule has 0 fully saturated rings. The van der Waals surface area contributed by atoms with Gasteiger partial charge < -0.3 is 15.8 Å². The van der Waals surface area contributed by atoms with Gasteiger partial charge in [0.2, 0.25) is 0 Å². The second-order valence-electron chi connectivity index (χ2n) is 3.48. The van der Waals surface area contributed by atoms with Crippen molar-refractivity contribution in [2.24, 2.45) is 5.73 Å². The summed E-state index contributed by atoms with van der Waals surface area (Å²) >= 11 is 0. The normalized spacial score (nSPS) is 10.2. The molecule has 0 spiro atoms. The minimum absolute atomic E-state index is 0.308. The Hall–Kier alpha value is -1.69. The van der Waals surface area contributed by atoms with Crippen LogP contribution in [0, 0.1) is 5.82 Å². The molecule has 1 rings (SSSR count). The van der Waals surface area contributed by atoms with Gasteiger partial charge in [-0.1, -0.05) is 0 Å². The highest BCUT2D eigenvalue weighted by atomic mass is 19.1. The van der Waals surface area contributed by atoms with Gasteiger partial charge in [0.1, 0.15) is 5.82 Å². The highest BCUT2D eigenvalue weighted by molar-refractivity contribution is 5.64. The molecule has 0 radical (unpaired) electrons. The van der Waals surface area contributed by atoms with Crippen LogP contribution in [0.25, 0.3) is 0 Å². The number of primary amides is 1. The van der Waals surface area contributed by atoms with Crippen LogP contribution in [0.5, 0.6) is 0 Å². The number of amides is 1. The van der Waals surface area contributed by atoms with Gasteiger partial charge in [-0.05, 0) is 31.5 Å². The van der Waals surface area contributed by atoms with Crippen molar-refractivity contribution in [3.8, 4) is 0 Å². The van der Waals surface area contributed by atoms with Gasteiger partial charge in [-0.25, -0.2) is 9.18 Å². The Morgan fingerprint density at radius 3 is 3.06 bits per heavy atom. The maximum absolute atomic E-state index is 13.1. The van der Waals surface area contributed by atoms with E-state index in [-0.39, 0.29) is 5.82 Å². The van der Waals surface area contributed by atoms with Crippen LogP contribution < -0.4 is 11.1 Å². The van der Waals surface area contributed by atoms with Gasteiger partial charge in [-0.2, -0.15) is 0 Å². The number of hydrogen-bond acceptors (Lipinski definition) is 4.